The SMILES string of the molecule is C1=NCn2c(nc3ccccc32)N=C1. The van der Waals surface area contributed by atoms with Gasteiger partial charge < -0.3 is 0 Å². The Morgan fingerprint density at radius 2 is 2.07 bits per heavy atom. The summed E-state index contributed by atoms with van der Waals surface area (Å²) in [7, 11) is 0. The zero-order valence-electron chi connectivity index (χ0n) is 7.46. The van der Waals surface area contributed by atoms with Crippen molar-refractivity contribution in [2.75, 3.05) is 0 Å². The van der Waals surface area contributed by atoms with Crippen molar-refractivity contribution in [2.45, 2.75) is 6.67 Å². The van der Waals surface area contributed by atoms with Crippen LogP contribution in [0.4, 0.5) is 5.95 Å². The van der Waals surface area contributed by atoms with Gasteiger partial charge in [-0.05, 0) is 12.1 Å². The van der Waals surface area contributed by atoms with Crippen molar-refractivity contribution < 1.29 is 0 Å². The van der Waals surface area contributed by atoms with E-state index in [4.69, 9.17) is 0 Å². The Morgan fingerprint density at radius 3 is 3.07 bits per heavy atom. The van der Waals surface area contributed by atoms with Crippen LogP contribution in [0.2, 0.25) is 0 Å². The van der Waals surface area contributed by atoms with Crippen molar-refractivity contribution in [1.82, 2.24) is 9.55 Å². The molecule has 0 atom stereocenters. The summed E-state index contributed by atoms with van der Waals surface area (Å²) in [5, 5.41) is 0. The molecule has 0 saturated carbocycles. The predicted octanol–water partition coefficient (Wildman–Crippen LogP) is 1.78. The van der Waals surface area contributed by atoms with Crippen molar-refractivity contribution in [3.05, 3.63) is 24.3 Å². The summed E-state index contributed by atoms with van der Waals surface area (Å²) in [6, 6.07) is 7.98. The Bertz CT molecular complexity index is 536. The molecule has 3 rings (SSSR count). The van der Waals surface area contributed by atoms with Gasteiger partial charge in [-0.25, -0.2) is 9.98 Å². The average molecular weight is 184 g/mol. The number of fused-ring (bicyclic) bond motifs is 3. The highest BCUT2D eigenvalue weighted by atomic mass is 15.2. The monoisotopic (exact) mass is 184 g/mol. The molecule has 0 amide bonds. The molecule has 1 aliphatic heterocycles. The molecular formula is C10H8N4. The van der Waals surface area contributed by atoms with Gasteiger partial charge in [0, 0.05) is 12.4 Å². The van der Waals surface area contributed by atoms with Gasteiger partial charge >= 0.3 is 0 Å². The van der Waals surface area contributed by atoms with Crippen molar-refractivity contribution in [1.29, 1.82) is 0 Å². The van der Waals surface area contributed by atoms with Gasteiger partial charge in [0.2, 0.25) is 5.95 Å². The van der Waals surface area contributed by atoms with Gasteiger partial charge in [-0.2, -0.15) is 0 Å². The highest BCUT2D eigenvalue weighted by Gasteiger charge is 2.08. The Labute approximate surface area is 80.6 Å². The first-order valence-electron chi connectivity index (χ1n) is 4.43. The van der Waals surface area contributed by atoms with Crippen LogP contribution in [0.15, 0.2) is 34.3 Å². The number of benzene rings is 1. The third kappa shape index (κ3) is 0.970. The van der Waals surface area contributed by atoms with E-state index in [1.54, 1.807) is 12.4 Å². The molecule has 1 aliphatic rings. The molecule has 2 aromatic rings. The Kier molecular flexibility index (Phi) is 1.47. The number of nitrogens with zero attached hydrogens (tertiary/aromatic N) is 4. The van der Waals surface area contributed by atoms with Crippen LogP contribution in [0.5, 0.6) is 0 Å². The maximum absolute atomic E-state index is 4.40. The average Bonchev–Trinajstić information content (AvgIpc) is 2.42. The first-order chi connectivity index (χ1) is 6.95. The molecule has 0 aliphatic carbocycles. The van der Waals surface area contributed by atoms with Crippen LogP contribution in [0, 0.1) is 0 Å². The van der Waals surface area contributed by atoms with Crippen molar-refractivity contribution >= 4 is 29.4 Å². The Hall–Kier alpha value is -1.97. The molecule has 0 bridgehead atoms. The molecule has 14 heavy (non-hydrogen) atoms. The second-order valence-electron chi connectivity index (χ2n) is 3.08. The molecule has 4 heteroatoms. The fourth-order valence-electron chi connectivity index (χ4n) is 1.58. The molecule has 68 valence electrons. The number of hydrogen-bond acceptors (Lipinski definition) is 3. The first-order valence-corrected chi connectivity index (χ1v) is 4.43. The molecule has 0 radical (unpaired) electrons. The summed E-state index contributed by atoms with van der Waals surface area (Å²) >= 11 is 0. The van der Waals surface area contributed by atoms with E-state index in [2.05, 4.69) is 15.0 Å². The molecule has 4 nitrogen and oxygen atoms in total. The third-order valence-corrected chi connectivity index (χ3v) is 2.22. The van der Waals surface area contributed by atoms with Crippen molar-refractivity contribution in [2.24, 2.45) is 9.98 Å². The number of rotatable bonds is 0. The highest BCUT2D eigenvalue weighted by Crippen LogP contribution is 2.21. The molecule has 1 aromatic heterocycles. The fraction of sp³-hybridized carbons (Fsp3) is 0.100. The molecule has 1 aromatic carbocycles. The minimum Gasteiger partial charge on any atom is -0.288 e. The van der Waals surface area contributed by atoms with Crippen LogP contribution >= 0.6 is 0 Å². The van der Waals surface area contributed by atoms with E-state index in [0.717, 1.165) is 17.0 Å². The summed E-state index contributed by atoms with van der Waals surface area (Å²) < 4.78 is 2.00. The van der Waals surface area contributed by atoms with Gasteiger partial charge in [-0.15, -0.1) is 0 Å². The zero-order chi connectivity index (χ0) is 9.38. The van der Waals surface area contributed by atoms with Crippen LogP contribution in [-0.4, -0.2) is 22.0 Å². The number of aromatic nitrogens is 2. The third-order valence-electron chi connectivity index (χ3n) is 2.22. The van der Waals surface area contributed by atoms with E-state index in [9.17, 15) is 0 Å². The molecule has 0 spiro atoms. The van der Waals surface area contributed by atoms with Crippen LogP contribution in [0.1, 0.15) is 0 Å². The first kappa shape index (κ1) is 7.44. The summed E-state index contributed by atoms with van der Waals surface area (Å²) in [4.78, 5) is 12.8. The summed E-state index contributed by atoms with van der Waals surface area (Å²) in [5.41, 5.74) is 2.05. The molecule has 0 fully saturated rings. The van der Waals surface area contributed by atoms with Crippen molar-refractivity contribution in [3.8, 4) is 0 Å². The van der Waals surface area contributed by atoms with Gasteiger partial charge in [-0.3, -0.25) is 9.56 Å². The summed E-state index contributed by atoms with van der Waals surface area (Å²) in [5.74, 6) is 0.726. The zero-order valence-corrected chi connectivity index (χ0v) is 7.46. The lowest BCUT2D eigenvalue weighted by Crippen LogP contribution is -1.92. The molecule has 0 unspecified atom stereocenters. The molecule has 0 saturated heterocycles. The van der Waals surface area contributed by atoms with Crippen molar-refractivity contribution in [3.63, 3.8) is 0 Å². The smallest absolute Gasteiger partial charge is 0.232 e. The van der Waals surface area contributed by atoms with Gasteiger partial charge in [0.1, 0.15) is 6.67 Å². The second kappa shape index (κ2) is 2.77. The largest absolute Gasteiger partial charge is 0.288 e. The molecule has 0 N–H and O–H groups in total. The normalized spacial score (nSPS) is 14.3. The van der Waals surface area contributed by atoms with Crippen LogP contribution < -0.4 is 0 Å². The molecule has 2 heterocycles. The minimum absolute atomic E-state index is 0.593. The lowest BCUT2D eigenvalue weighted by Gasteiger charge is -1.99. The number of para-hydroxylation sites is 2. The van der Waals surface area contributed by atoms with Crippen LogP contribution in [-0.2, 0) is 6.67 Å². The predicted molar refractivity (Wildman–Crippen MR) is 56.4 cm³/mol. The number of aliphatic imine (C=N–C) groups is 2. The quantitative estimate of drug-likeness (QED) is 0.615. The van der Waals surface area contributed by atoms with Gasteiger partial charge in [0.05, 0.1) is 11.0 Å². The fourth-order valence-corrected chi connectivity index (χ4v) is 1.58. The Balaban J connectivity index is 2.37. The number of hydrogen-bond donors (Lipinski definition) is 0. The van der Waals surface area contributed by atoms with Gasteiger partial charge in [-0.1, -0.05) is 12.1 Å². The van der Waals surface area contributed by atoms with E-state index < -0.39 is 0 Å². The van der Waals surface area contributed by atoms with Crippen LogP contribution in [0.25, 0.3) is 11.0 Å². The maximum Gasteiger partial charge on any atom is 0.232 e. The highest BCUT2D eigenvalue weighted by molar-refractivity contribution is 6.16. The Morgan fingerprint density at radius 1 is 1.14 bits per heavy atom. The lowest BCUT2D eigenvalue weighted by molar-refractivity contribution is 0.768. The number of imidazole rings is 1. The molecular weight excluding hydrogens is 176 g/mol. The van der Waals surface area contributed by atoms with Gasteiger partial charge in [0.15, 0.2) is 0 Å². The van der Waals surface area contributed by atoms with E-state index in [1.807, 2.05) is 28.8 Å². The lowest BCUT2D eigenvalue weighted by atomic mass is 10.3. The summed E-state index contributed by atoms with van der Waals surface area (Å²) in [6.45, 7) is 0.593. The van der Waals surface area contributed by atoms with Crippen LogP contribution in [0.3, 0.4) is 0 Å². The van der Waals surface area contributed by atoms with E-state index in [1.165, 1.54) is 0 Å². The maximum atomic E-state index is 4.40. The van der Waals surface area contributed by atoms with Gasteiger partial charge in [0.25, 0.3) is 0 Å². The van der Waals surface area contributed by atoms with E-state index >= 15 is 0 Å². The topological polar surface area (TPSA) is 42.5 Å². The second-order valence-corrected chi connectivity index (χ2v) is 3.08. The van der Waals surface area contributed by atoms with E-state index in [0.29, 0.717) is 6.67 Å². The minimum atomic E-state index is 0.593. The summed E-state index contributed by atoms with van der Waals surface area (Å²) in [6.07, 6.45) is 3.37. The van der Waals surface area contributed by atoms with E-state index in [-0.39, 0.29) is 0 Å². The standard InChI is InChI=1S/C10H8N4/c1-2-4-9-8(3-1)13-10-12-6-5-11-7-14(9)10/h1-6H,7H2.